The van der Waals surface area contributed by atoms with E-state index in [1.54, 1.807) is 6.42 Å². The Labute approximate surface area is 330 Å². The molecular formula is C50H80N2O2. The van der Waals surface area contributed by atoms with E-state index in [0.29, 0.717) is 35.9 Å². The molecule has 11 fully saturated rings. The number of hydrogen-bond donors (Lipinski definition) is 1. The van der Waals surface area contributed by atoms with Gasteiger partial charge in [0.15, 0.2) is 0 Å². The van der Waals surface area contributed by atoms with Crippen molar-refractivity contribution in [2.45, 2.75) is 229 Å². The molecule has 0 amide bonds. The summed E-state index contributed by atoms with van der Waals surface area (Å²) in [6.45, 7) is 2.74. The summed E-state index contributed by atoms with van der Waals surface area (Å²) >= 11 is 0. The van der Waals surface area contributed by atoms with Gasteiger partial charge in [0.25, 0.3) is 0 Å². The van der Waals surface area contributed by atoms with E-state index in [1.807, 2.05) is 0 Å². The van der Waals surface area contributed by atoms with E-state index in [0.717, 1.165) is 89.3 Å². The SMILES string of the molecule is CC1CC(C2CCC3OC4C(CCC5C6CCCCC6NC54)C3C2)CC2C3CCCCC3N(C3CCC(C4CCC(C(=O)C5CCCCC5)CC4)CC3)C12. The van der Waals surface area contributed by atoms with Gasteiger partial charge < -0.3 is 10.1 Å². The van der Waals surface area contributed by atoms with E-state index in [9.17, 15) is 4.79 Å². The maximum atomic E-state index is 13.3. The number of likely N-dealkylation sites (tertiary alicyclic amines) is 1. The summed E-state index contributed by atoms with van der Waals surface area (Å²) in [5.74, 6) is 11.7. The van der Waals surface area contributed by atoms with Crippen LogP contribution in [0.25, 0.3) is 0 Å². The number of carbonyl (C=O) groups is 1. The predicted octanol–water partition coefficient (Wildman–Crippen LogP) is 11.1. The van der Waals surface area contributed by atoms with Crippen LogP contribution in [0.3, 0.4) is 0 Å². The highest BCUT2D eigenvalue weighted by Crippen LogP contribution is 2.59. The number of fused-ring (bicyclic) bond motifs is 10. The van der Waals surface area contributed by atoms with Crippen molar-refractivity contribution in [3.8, 4) is 0 Å². The molecular weight excluding hydrogens is 661 g/mol. The molecule has 11 aliphatic rings. The van der Waals surface area contributed by atoms with Gasteiger partial charge in [-0.05, 0) is 200 Å². The number of nitrogens with zero attached hydrogens (tertiary/aromatic N) is 1. The topological polar surface area (TPSA) is 41.6 Å². The molecule has 302 valence electrons. The van der Waals surface area contributed by atoms with Crippen molar-refractivity contribution in [3.05, 3.63) is 0 Å². The highest BCUT2D eigenvalue weighted by atomic mass is 16.5. The zero-order valence-electron chi connectivity index (χ0n) is 34.6. The number of hydrogen-bond acceptors (Lipinski definition) is 4. The molecule has 3 heterocycles. The average Bonchev–Trinajstić information content (AvgIpc) is 3.91. The molecule has 8 aliphatic carbocycles. The van der Waals surface area contributed by atoms with E-state index in [4.69, 9.17) is 4.74 Å². The molecule has 4 nitrogen and oxygen atoms in total. The van der Waals surface area contributed by atoms with Gasteiger partial charge in [0.1, 0.15) is 5.78 Å². The Kier molecular flexibility index (Phi) is 10.4. The van der Waals surface area contributed by atoms with Crippen molar-refractivity contribution >= 4 is 5.78 Å². The number of rotatable bonds is 5. The Morgan fingerprint density at radius 3 is 1.98 bits per heavy atom. The van der Waals surface area contributed by atoms with Gasteiger partial charge in [0.05, 0.1) is 12.2 Å². The van der Waals surface area contributed by atoms with Gasteiger partial charge in [0, 0.05) is 42.0 Å². The Morgan fingerprint density at radius 2 is 1.17 bits per heavy atom. The molecule has 11 rings (SSSR count). The van der Waals surface area contributed by atoms with Crippen LogP contribution >= 0.6 is 0 Å². The Bertz CT molecular complexity index is 1310. The third kappa shape index (κ3) is 6.39. The van der Waals surface area contributed by atoms with Crippen LogP contribution in [-0.2, 0) is 9.53 Å². The van der Waals surface area contributed by atoms with Crippen molar-refractivity contribution in [1.82, 2.24) is 10.2 Å². The fourth-order valence-electron chi connectivity index (χ4n) is 18.3. The first-order valence-corrected chi connectivity index (χ1v) is 25.3. The maximum absolute atomic E-state index is 13.3. The lowest BCUT2D eigenvalue weighted by molar-refractivity contribution is -0.129. The van der Waals surface area contributed by atoms with Crippen molar-refractivity contribution in [3.63, 3.8) is 0 Å². The molecule has 4 heteroatoms. The maximum Gasteiger partial charge on any atom is 0.139 e. The number of ether oxygens (including phenoxy) is 1. The Hall–Kier alpha value is -0.450. The number of Topliss-reactive ketones (excluding diaryl/α,β-unsaturated/α-hetero) is 1. The zero-order valence-corrected chi connectivity index (χ0v) is 34.6. The van der Waals surface area contributed by atoms with Gasteiger partial charge in [0.2, 0.25) is 0 Å². The van der Waals surface area contributed by atoms with E-state index < -0.39 is 0 Å². The molecule has 0 radical (unpaired) electrons. The van der Waals surface area contributed by atoms with Crippen molar-refractivity contribution in [1.29, 1.82) is 0 Å². The number of nitrogens with one attached hydrogen (secondary N) is 1. The fraction of sp³-hybridized carbons (Fsp3) is 0.980. The molecule has 54 heavy (non-hydrogen) atoms. The van der Waals surface area contributed by atoms with Gasteiger partial charge in [-0.25, -0.2) is 0 Å². The van der Waals surface area contributed by atoms with Gasteiger partial charge in [-0.1, -0.05) is 51.9 Å². The van der Waals surface area contributed by atoms with Gasteiger partial charge >= 0.3 is 0 Å². The number of carbonyl (C=O) groups excluding carboxylic acids is 1. The summed E-state index contributed by atoms with van der Waals surface area (Å²) in [5, 5.41) is 4.23. The minimum atomic E-state index is 0.411. The van der Waals surface area contributed by atoms with Gasteiger partial charge in [-0.3, -0.25) is 9.69 Å². The van der Waals surface area contributed by atoms with Crippen LogP contribution in [0.5, 0.6) is 0 Å². The summed E-state index contributed by atoms with van der Waals surface area (Å²) < 4.78 is 7.17. The Morgan fingerprint density at radius 1 is 0.519 bits per heavy atom. The summed E-state index contributed by atoms with van der Waals surface area (Å²) in [4.78, 5) is 16.6. The molecule has 0 spiro atoms. The van der Waals surface area contributed by atoms with Gasteiger partial charge in [-0.15, -0.1) is 0 Å². The van der Waals surface area contributed by atoms with E-state index in [1.165, 1.54) is 173 Å². The molecule has 0 aromatic heterocycles. The van der Waals surface area contributed by atoms with Gasteiger partial charge in [-0.2, -0.15) is 0 Å². The first-order chi connectivity index (χ1) is 26.6. The summed E-state index contributed by atoms with van der Waals surface area (Å²) in [5.41, 5.74) is 0. The summed E-state index contributed by atoms with van der Waals surface area (Å²) in [7, 11) is 0. The third-order valence-electron chi connectivity index (χ3n) is 20.6. The molecule has 0 aromatic rings. The molecule has 8 saturated carbocycles. The molecule has 0 bridgehead atoms. The minimum absolute atomic E-state index is 0.411. The monoisotopic (exact) mass is 741 g/mol. The number of ketones is 1. The van der Waals surface area contributed by atoms with Crippen molar-refractivity contribution in [2.75, 3.05) is 0 Å². The van der Waals surface area contributed by atoms with E-state index in [2.05, 4.69) is 17.1 Å². The fourth-order valence-corrected chi connectivity index (χ4v) is 18.3. The normalized spacial score (nSPS) is 53.8. The van der Waals surface area contributed by atoms with Crippen LogP contribution in [0.4, 0.5) is 0 Å². The first kappa shape index (κ1) is 36.6. The predicted molar refractivity (Wildman–Crippen MR) is 218 cm³/mol. The van der Waals surface area contributed by atoms with Crippen LogP contribution in [0.1, 0.15) is 187 Å². The second-order valence-corrected chi connectivity index (χ2v) is 22.8. The largest absolute Gasteiger partial charge is 0.373 e. The smallest absolute Gasteiger partial charge is 0.139 e. The molecule has 1 N–H and O–H groups in total. The molecule has 15 atom stereocenters. The lowest BCUT2D eigenvalue weighted by Gasteiger charge is -2.49. The second-order valence-electron chi connectivity index (χ2n) is 22.8. The quantitative estimate of drug-likeness (QED) is 0.305. The van der Waals surface area contributed by atoms with E-state index in [-0.39, 0.29) is 0 Å². The van der Waals surface area contributed by atoms with Crippen LogP contribution < -0.4 is 5.32 Å². The highest BCUT2D eigenvalue weighted by molar-refractivity contribution is 5.83. The van der Waals surface area contributed by atoms with Crippen LogP contribution in [0.15, 0.2) is 0 Å². The lowest BCUT2D eigenvalue weighted by atomic mass is 9.59. The second kappa shape index (κ2) is 15.3. The van der Waals surface area contributed by atoms with Crippen molar-refractivity contribution in [2.24, 2.45) is 76.9 Å². The summed E-state index contributed by atoms with van der Waals surface area (Å²) in [6.07, 6.45) is 40.7. The summed E-state index contributed by atoms with van der Waals surface area (Å²) in [6, 6.07) is 4.11. The average molecular weight is 741 g/mol. The standard InChI is InChI=1S/C50H80N2O2/c1-30-27-36(35-21-26-46-42(28-35)41-25-24-40-38-11-5-7-13-44(38)51-47(40)50(41)54-46)29-43-39-12-6-8-14-45(39)52(48(30)43)37-22-19-32(20-23-37)31-15-17-34(18-16-31)49(53)33-9-3-2-4-10-33/h30-48,50-51H,2-29H2,1H3. The highest BCUT2D eigenvalue weighted by Gasteiger charge is 2.60. The minimum Gasteiger partial charge on any atom is -0.373 e. The molecule has 3 saturated heterocycles. The lowest BCUT2D eigenvalue weighted by Crippen LogP contribution is -2.52. The van der Waals surface area contributed by atoms with E-state index >= 15 is 0 Å². The third-order valence-corrected chi connectivity index (χ3v) is 20.6. The zero-order chi connectivity index (χ0) is 35.9. The molecule has 15 unspecified atom stereocenters. The van der Waals surface area contributed by atoms with Crippen LogP contribution in [0, 0.1) is 76.9 Å². The van der Waals surface area contributed by atoms with Crippen molar-refractivity contribution < 1.29 is 9.53 Å². The Balaban J connectivity index is 0.716. The van der Waals surface area contributed by atoms with Crippen LogP contribution in [-0.4, -0.2) is 53.1 Å². The molecule has 0 aromatic carbocycles. The van der Waals surface area contributed by atoms with Crippen LogP contribution in [0.2, 0.25) is 0 Å². The molecule has 3 aliphatic heterocycles. The first-order valence-electron chi connectivity index (χ1n) is 25.3.